The Morgan fingerprint density at radius 1 is 0.435 bits per heavy atom. The van der Waals surface area contributed by atoms with Crippen LogP contribution in [0.5, 0.6) is 11.5 Å². The van der Waals surface area contributed by atoms with Gasteiger partial charge in [-0.25, -0.2) is 0 Å². The predicted molar refractivity (Wildman–Crippen MR) is 195 cm³/mol. The summed E-state index contributed by atoms with van der Waals surface area (Å²) in [5.74, 6) is 1.66. The Morgan fingerprint density at radius 3 is 1.72 bits per heavy atom. The molecule has 0 spiro atoms. The molecule has 0 aliphatic carbocycles. The second-order valence-corrected chi connectivity index (χ2v) is 11.9. The molecule has 0 saturated heterocycles. The van der Waals surface area contributed by atoms with Crippen molar-refractivity contribution in [2.75, 3.05) is 0 Å². The summed E-state index contributed by atoms with van der Waals surface area (Å²) in [5, 5.41) is 10.2. The van der Waals surface area contributed by atoms with Gasteiger partial charge >= 0.3 is 0 Å². The van der Waals surface area contributed by atoms with E-state index >= 15 is 0 Å². The molecular formula is C44H31NO. The lowest BCUT2D eigenvalue weighted by Gasteiger charge is -2.16. The van der Waals surface area contributed by atoms with E-state index in [1.165, 1.54) is 59.7 Å². The highest BCUT2D eigenvalue weighted by Crippen LogP contribution is 2.44. The first-order chi connectivity index (χ1) is 22.8. The number of nitrogens with zero attached hydrogens (tertiary/aromatic N) is 1. The first-order valence-electron chi connectivity index (χ1n) is 16.0. The Bertz CT molecular complexity index is 2560. The molecule has 0 aliphatic rings. The molecule has 8 aromatic carbocycles. The van der Waals surface area contributed by atoms with E-state index < -0.39 is 0 Å². The lowest BCUT2D eigenvalue weighted by atomic mass is 9.91. The number of para-hydroxylation sites is 2. The summed E-state index contributed by atoms with van der Waals surface area (Å²) in [4.78, 5) is 0. The fraction of sp³-hybridized carbons (Fsp3) is 0.0455. The van der Waals surface area contributed by atoms with Crippen molar-refractivity contribution in [3.8, 4) is 33.8 Å². The zero-order valence-electron chi connectivity index (χ0n) is 25.6. The number of hydrogen-bond acceptors (Lipinski definition) is 1. The van der Waals surface area contributed by atoms with Crippen molar-refractivity contribution in [2.24, 2.45) is 0 Å². The highest BCUT2D eigenvalue weighted by atomic mass is 16.5. The smallest absolute Gasteiger partial charge is 0.135 e. The first-order valence-corrected chi connectivity index (χ1v) is 16.0. The molecule has 1 aromatic heterocycles. The van der Waals surface area contributed by atoms with Crippen LogP contribution in [-0.4, -0.2) is 4.57 Å². The normalized spacial score (nSPS) is 11.7. The van der Waals surface area contributed by atoms with E-state index in [1.54, 1.807) is 0 Å². The van der Waals surface area contributed by atoms with Crippen LogP contribution < -0.4 is 4.74 Å². The van der Waals surface area contributed by atoms with Crippen LogP contribution >= 0.6 is 0 Å². The maximum atomic E-state index is 6.73. The Hall–Kier alpha value is -5.86. The number of aryl methyl sites for hydroxylation is 1. The van der Waals surface area contributed by atoms with Crippen molar-refractivity contribution >= 4 is 54.1 Å². The highest BCUT2D eigenvalue weighted by Gasteiger charge is 2.18. The SMILES string of the molecule is CCn1c2ccccc2c2c(-c3ccc(-c4ccc5c6ccccc6c6ccccc6c5c4)cc3Oc3ccccc3)cccc21. The molecule has 2 heteroatoms. The predicted octanol–water partition coefficient (Wildman–Crippen LogP) is 12.4. The molecule has 0 amide bonds. The van der Waals surface area contributed by atoms with Gasteiger partial charge in [-0.1, -0.05) is 115 Å². The topological polar surface area (TPSA) is 14.2 Å². The van der Waals surface area contributed by atoms with Gasteiger partial charge in [0.15, 0.2) is 0 Å². The van der Waals surface area contributed by atoms with Crippen molar-refractivity contribution in [1.82, 2.24) is 4.57 Å². The molecule has 0 N–H and O–H groups in total. The van der Waals surface area contributed by atoms with Crippen LogP contribution in [0.2, 0.25) is 0 Å². The van der Waals surface area contributed by atoms with E-state index in [4.69, 9.17) is 4.74 Å². The van der Waals surface area contributed by atoms with Gasteiger partial charge in [0.2, 0.25) is 0 Å². The molecule has 0 radical (unpaired) electrons. The van der Waals surface area contributed by atoms with Crippen LogP contribution in [0.3, 0.4) is 0 Å². The molecule has 2 nitrogen and oxygen atoms in total. The third-order valence-corrected chi connectivity index (χ3v) is 9.43. The third kappa shape index (κ3) is 4.11. The monoisotopic (exact) mass is 589 g/mol. The molecule has 46 heavy (non-hydrogen) atoms. The lowest BCUT2D eigenvalue weighted by molar-refractivity contribution is 0.485. The van der Waals surface area contributed by atoms with Gasteiger partial charge in [-0.2, -0.15) is 0 Å². The summed E-state index contributed by atoms with van der Waals surface area (Å²) in [7, 11) is 0. The standard InChI is InChI=1S/C44H31NO/c1-2-45-41-21-11-10-19-39(41)44-38(20-12-22-42(44)45)37-26-24-30(28-43(37)46-31-13-4-3-5-14-31)29-23-25-36-34-17-7-6-15-32(34)33-16-8-9-18-35(33)40(36)27-29/h3-28H,2H2,1H3. The van der Waals surface area contributed by atoms with Gasteiger partial charge < -0.3 is 9.30 Å². The summed E-state index contributed by atoms with van der Waals surface area (Å²) < 4.78 is 9.13. The average molecular weight is 590 g/mol. The molecule has 0 unspecified atom stereocenters. The average Bonchev–Trinajstić information content (AvgIpc) is 3.46. The van der Waals surface area contributed by atoms with Gasteiger partial charge in [-0.3, -0.25) is 0 Å². The van der Waals surface area contributed by atoms with Crippen LogP contribution in [0, 0.1) is 0 Å². The van der Waals surface area contributed by atoms with E-state index in [2.05, 4.69) is 139 Å². The van der Waals surface area contributed by atoms with Gasteiger partial charge in [-0.15, -0.1) is 0 Å². The van der Waals surface area contributed by atoms with Crippen molar-refractivity contribution in [2.45, 2.75) is 13.5 Å². The van der Waals surface area contributed by atoms with Crippen molar-refractivity contribution in [3.05, 3.63) is 158 Å². The molecule has 9 rings (SSSR count). The van der Waals surface area contributed by atoms with E-state index in [9.17, 15) is 0 Å². The lowest BCUT2D eigenvalue weighted by Crippen LogP contribution is -1.93. The fourth-order valence-corrected chi connectivity index (χ4v) is 7.38. The Labute approximate surface area is 267 Å². The molecule has 9 aromatic rings. The van der Waals surface area contributed by atoms with E-state index in [0.29, 0.717) is 0 Å². The number of ether oxygens (including phenoxy) is 1. The third-order valence-electron chi connectivity index (χ3n) is 9.43. The van der Waals surface area contributed by atoms with Gasteiger partial charge in [0, 0.05) is 33.9 Å². The summed E-state index contributed by atoms with van der Waals surface area (Å²) in [5.41, 5.74) is 7.04. The van der Waals surface area contributed by atoms with Crippen molar-refractivity contribution in [3.63, 3.8) is 0 Å². The Balaban J connectivity index is 1.28. The minimum absolute atomic E-state index is 0.819. The van der Waals surface area contributed by atoms with Crippen LogP contribution in [0.1, 0.15) is 6.92 Å². The summed E-state index contributed by atoms with van der Waals surface area (Å²) in [6.07, 6.45) is 0. The van der Waals surface area contributed by atoms with Crippen molar-refractivity contribution in [1.29, 1.82) is 0 Å². The minimum atomic E-state index is 0.819. The van der Waals surface area contributed by atoms with Crippen molar-refractivity contribution < 1.29 is 4.74 Å². The number of aromatic nitrogens is 1. The second kappa shape index (κ2) is 10.6. The minimum Gasteiger partial charge on any atom is -0.457 e. The van der Waals surface area contributed by atoms with E-state index in [0.717, 1.165) is 34.7 Å². The molecule has 0 saturated carbocycles. The molecule has 0 bridgehead atoms. The second-order valence-electron chi connectivity index (χ2n) is 11.9. The molecule has 0 atom stereocenters. The quantitative estimate of drug-likeness (QED) is 0.182. The van der Waals surface area contributed by atoms with Gasteiger partial charge in [0.05, 0.1) is 0 Å². The maximum Gasteiger partial charge on any atom is 0.135 e. The van der Waals surface area contributed by atoms with Crippen LogP contribution in [0.4, 0.5) is 0 Å². The number of benzene rings is 8. The number of fused-ring (bicyclic) bond motifs is 9. The molecular weight excluding hydrogens is 558 g/mol. The zero-order chi connectivity index (χ0) is 30.6. The van der Waals surface area contributed by atoms with Gasteiger partial charge in [-0.05, 0) is 98.4 Å². The largest absolute Gasteiger partial charge is 0.457 e. The Kier molecular flexibility index (Phi) is 6.14. The summed E-state index contributed by atoms with van der Waals surface area (Å²) in [6, 6.07) is 56.5. The Morgan fingerprint density at radius 2 is 1.00 bits per heavy atom. The van der Waals surface area contributed by atoms with Crippen LogP contribution in [-0.2, 0) is 6.54 Å². The maximum absolute atomic E-state index is 6.73. The first kappa shape index (κ1) is 26.5. The molecule has 1 heterocycles. The van der Waals surface area contributed by atoms with E-state index in [1.807, 2.05) is 30.3 Å². The van der Waals surface area contributed by atoms with Gasteiger partial charge in [0.25, 0.3) is 0 Å². The molecule has 0 aliphatic heterocycles. The molecule has 0 fully saturated rings. The number of hydrogen-bond donors (Lipinski definition) is 0. The van der Waals surface area contributed by atoms with Gasteiger partial charge in [0.1, 0.15) is 11.5 Å². The number of rotatable bonds is 5. The summed E-state index contributed by atoms with van der Waals surface area (Å²) >= 11 is 0. The zero-order valence-corrected chi connectivity index (χ0v) is 25.6. The fourth-order valence-electron chi connectivity index (χ4n) is 7.38. The van der Waals surface area contributed by atoms with Crippen LogP contribution in [0.25, 0.3) is 76.4 Å². The highest BCUT2D eigenvalue weighted by molar-refractivity contribution is 6.25. The molecule has 218 valence electrons. The van der Waals surface area contributed by atoms with E-state index in [-0.39, 0.29) is 0 Å². The van der Waals surface area contributed by atoms with Crippen LogP contribution in [0.15, 0.2) is 158 Å². The summed E-state index contributed by atoms with van der Waals surface area (Å²) in [6.45, 7) is 3.12.